The number of aliphatic hydroxyl groups is 1. The Hall–Kier alpha value is -5.35. The summed E-state index contributed by atoms with van der Waals surface area (Å²) in [6, 6.07) is 36.4. The summed E-state index contributed by atoms with van der Waals surface area (Å²) >= 11 is 1.24. The fraction of sp³-hybridized carbons (Fsp3) is 0.211. The summed E-state index contributed by atoms with van der Waals surface area (Å²) in [7, 11) is 0. The van der Waals surface area contributed by atoms with Gasteiger partial charge in [0, 0.05) is 12.8 Å². The van der Waals surface area contributed by atoms with Crippen LogP contribution in [-0.2, 0) is 28.7 Å². The zero-order valence-electron chi connectivity index (χ0n) is 25.9. The van der Waals surface area contributed by atoms with Gasteiger partial charge < -0.3 is 19.9 Å². The number of thioether (sulfide) groups is 1. The zero-order valence-corrected chi connectivity index (χ0v) is 26.8. The van der Waals surface area contributed by atoms with Crippen molar-refractivity contribution in [3.63, 3.8) is 0 Å². The molecule has 0 radical (unpaired) electrons. The number of carbonyl (C=O) groups excluding carboxylic acids is 4. The first kappa shape index (κ1) is 32.6. The molecule has 2 heterocycles. The third kappa shape index (κ3) is 7.29. The molecule has 0 bridgehead atoms. The summed E-state index contributed by atoms with van der Waals surface area (Å²) in [5.74, 6) is -2.40. The van der Waals surface area contributed by atoms with E-state index in [4.69, 9.17) is 9.47 Å². The van der Waals surface area contributed by atoms with Gasteiger partial charge in [-0.25, -0.2) is 4.79 Å². The normalized spacial score (nSPS) is 17.0. The van der Waals surface area contributed by atoms with Crippen LogP contribution in [0.5, 0.6) is 0 Å². The molecule has 1 saturated heterocycles. The van der Waals surface area contributed by atoms with Gasteiger partial charge in [-0.15, -0.1) is 11.8 Å². The average molecular weight is 663 g/mol. The molecule has 2 aliphatic heterocycles. The van der Waals surface area contributed by atoms with Crippen molar-refractivity contribution in [1.29, 1.82) is 0 Å². The van der Waals surface area contributed by atoms with Crippen LogP contribution in [0.2, 0.25) is 0 Å². The van der Waals surface area contributed by atoms with E-state index in [1.54, 1.807) is 0 Å². The van der Waals surface area contributed by atoms with Crippen molar-refractivity contribution in [3.05, 3.63) is 155 Å². The third-order valence-electron chi connectivity index (χ3n) is 8.13. The second kappa shape index (κ2) is 15.0. The Morgan fingerprint density at radius 3 is 1.67 bits per heavy atom. The van der Waals surface area contributed by atoms with Gasteiger partial charge in [0.2, 0.25) is 5.91 Å². The second-order valence-electron chi connectivity index (χ2n) is 11.4. The highest BCUT2D eigenvalue weighted by molar-refractivity contribution is 8.00. The van der Waals surface area contributed by atoms with Gasteiger partial charge in [-0.2, -0.15) is 0 Å². The predicted octanol–water partition coefficient (Wildman–Crippen LogP) is 5.99. The van der Waals surface area contributed by atoms with Gasteiger partial charge in [0.25, 0.3) is 5.91 Å². The molecular weight excluding hydrogens is 628 g/mol. The van der Waals surface area contributed by atoms with E-state index in [2.05, 4.69) is 5.32 Å². The topological polar surface area (TPSA) is 122 Å². The van der Waals surface area contributed by atoms with Gasteiger partial charge in [0.05, 0.1) is 5.75 Å². The van der Waals surface area contributed by atoms with E-state index in [1.165, 1.54) is 16.7 Å². The maximum Gasteiger partial charge on any atom is 0.359 e. The Balaban J connectivity index is 1.04. The van der Waals surface area contributed by atoms with E-state index in [-0.39, 0.29) is 36.5 Å². The quantitative estimate of drug-likeness (QED) is 0.140. The van der Waals surface area contributed by atoms with Crippen LogP contribution in [0, 0.1) is 0 Å². The van der Waals surface area contributed by atoms with Crippen LogP contribution in [0.3, 0.4) is 0 Å². The van der Waals surface area contributed by atoms with Crippen LogP contribution < -0.4 is 5.32 Å². The summed E-state index contributed by atoms with van der Waals surface area (Å²) in [4.78, 5) is 53.6. The van der Waals surface area contributed by atoms with Gasteiger partial charge in [-0.05, 0) is 28.7 Å². The molecule has 244 valence electrons. The predicted molar refractivity (Wildman–Crippen MR) is 180 cm³/mol. The number of carbonyl (C=O) groups is 4. The number of esters is 2. The summed E-state index contributed by atoms with van der Waals surface area (Å²) in [6.07, 6.45) is -1.09. The van der Waals surface area contributed by atoms with Gasteiger partial charge in [-0.1, -0.05) is 121 Å². The number of rotatable bonds is 12. The molecule has 4 aromatic rings. The summed E-state index contributed by atoms with van der Waals surface area (Å²) in [5.41, 5.74) is 2.93. The molecule has 2 atom stereocenters. The molecule has 0 aromatic heterocycles. The molecule has 0 aliphatic carbocycles. The SMILES string of the molecule is O=C(CCCC(=O)OC(c1ccccc1)c1ccccc1)N[C@@H]1C(=O)N2C(C(=O)OC(c3ccccc3)c3ccccc3)=C(O)CS[C@@H]12. The Labute approximate surface area is 282 Å². The Bertz CT molecular complexity index is 1710. The van der Waals surface area contributed by atoms with E-state index < -0.39 is 47.4 Å². The summed E-state index contributed by atoms with van der Waals surface area (Å²) in [6.45, 7) is 0. The number of benzene rings is 4. The van der Waals surface area contributed by atoms with Crippen molar-refractivity contribution >= 4 is 35.5 Å². The van der Waals surface area contributed by atoms with Crippen LogP contribution in [-0.4, -0.2) is 50.9 Å². The molecule has 6 rings (SSSR count). The Morgan fingerprint density at radius 1 is 0.729 bits per heavy atom. The highest BCUT2D eigenvalue weighted by atomic mass is 32.2. The number of β-lactam (4-membered cyclic amide) rings is 1. The van der Waals surface area contributed by atoms with E-state index in [9.17, 15) is 24.3 Å². The maximum absolute atomic E-state index is 13.5. The molecule has 4 aromatic carbocycles. The number of aliphatic hydroxyl groups excluding tert-OH is 1. The molecular formula is C38H34N2O7S. The number of fused-ring (bicyclic) bond motifs is 1. The highest BCUT2D eigenvalue weighted by Crippen LogP contribution is 2.41. The molecule has 2 N–H and O–H groups in total. The highest BCUT2D eigenvalue weighted by Gasteiger charge is 2.55. The first-order chi connectivity index (χ1) is 23.4. The molecule has 0 spiro atoms. The molecule has 0 unspecified atom stereocenters. The van der Waals surface area contributed by atoms with Crippen molar-refractivity contribution in [1.82, 2.24) is 10.2 Å². The minimum atomic E-state index is -0.884. The van der Waals surface area contributed by atoms with Gasteiger partial charge in [0.15, 0.2) is 17.9 Å². The third-order valence-corrected chi connectivity index (χ3v) is 9.39. The van der Waals surface area contributed by atoms with E-state index in [1.807, 2.05) is 121 Å². The average Bonchev–Trinajstić information content (AvgIpc) is 3.13. The minimum absolute atomic E-state index is 0.00340. The lowest BCUT2D eigenvalue weighted by Crippen LogP contribution is -2.70. The van der Waals surface area contributed by atoms with Crippen LogP contribution in [0.15, 0.2) is 133 Å². The lowest BCUT2D eigenvalue weighted by atomic mass is 10.0. The fourth-order valence-corrected chi connectivity index (χ4v) is 6.95. The summed E-state index contributed by atoms with van der Waals surface area (Å²) < 4.78 is 11.7. The minimum Gasteiger partial charge on any atom is -0.509 e. The van der Waals surface area contributed by atoms with Crippen molar-refractivity contribution in [2.45, 2.75) is 42.9 Å². The summed E-state index contributed by atoms with van der Waals surface area (Å²) in [5, 5.41) is 12.9. The monoisotopic (exact) mass is 662 g/mol. The molecule has 10 heteroatoms. The first-order valence-electron chi connectivity index (χ1n) is 15.7. The lowest BCUT2D eigenvalue weighted by molar-refractivity contribution is -0.155. The zero-order chi connectivity index (χ0) is 33.5. The Kier molecular flexibility index (Phi) is 10.2. The number of hydrogen-bond acceptors (Lipinski definition) is 8. The van der Waals surface area contributed by atoms with Crippen LogP contribution in [0.25, 0.3) is 0 Å². The van der Waals surface area contributed by atoms with Crippen molar-refractivity contribution < 1.29 is 33.8 Å². The molecule has 0 saturated carbocycles. The maximum atomic E-state index is 13.5. The largest absolute Gasteiger partial charge is 0.509 e. The van der Waals surface area contributed by atoms with Crippen LogP contribution in [0.1, 0.15) is 53.7 Å². The van der Waals surface area contributed by atoms with Crippen molar-refractivity contribution in [2.24, 2.45) is 0 Å². The molecule has 9 nitrogen and oxygen atoms in total. The van der Waals surface area contributed by atoms with E-state index in [0.717, 1.165) is 22.3 Å². The van der Waals surface area contributed by atoms with Crippen molar-refractivity contribution in [2.75, 3.05) is 5.75 Å². The van der Waals surface area contributed by atoms with Gasteiger partial charge >= 0.3 is 11.9 Å². The molecule has 48 heavy (non-hydrogen) atoms. The smallest absolute Gasteiger partial charge is 0.359 e. The first-order valence-corrected chi connectivity index (χ1v) is 16.7. The molecule has 2 amide bonds. The molecule has 2 aliphatic rings. The number of nitrogens with zero attached hydrogens (tertiary/aromatic N) is 1. The van der Waals surface area contributed by atoms with Gasteiger partial charge in [0.1, 0.15) is 17.2 Å². The number of ether oxygens (including phenoxy) is 2. The van der Waals surface area contributed by atoms with Crippen molar-refractivity contribution in [3.8, 4) is 0 Å². The fourth-order valence-electron chi connectivity index (χ4n) is 5.75. The molecule has 1 fully saturated rings. The second-order valence-corrected chi connectivity index (χ2v) is 12.5. The number of hydrogen-bond donors (Lipinski definition) is 2. The van der Waals surface area contributed by atoms with Crippen LogP contribution >= 0.6 is 11.8 Å². The number of nitrogens with one attached hydrogen (secondary N) is 1. The number of amides is 2. The lowest BCUT2D eigenvalue weighted by Gasteiger charge is -2.48. The van der Waals surface area contributed by atoms with Crippen LogP contribution in [0.4, 0.5) is 0 Å². The Morgan fingerprint density at radius 2 is 1.19 bits per heavy atom. The van der Waals surface area contributed by atoms with Gasteiger partial charge in [-0.3, -0.25) is 19.3 Å². The standard InChI is InChI=1S/C38H34N2O7S/c41-29-24-48-37-32(36(44)40(37)33(29)38(45)47-35(27-18-9-3-10-19-27)28-20-11-4-12-21-28)39-30(42)22-13-23-31(43)46-34(25-14-5-1-6-15-25)26-16-7-2-8-17-26/h1-12,14-21,32,34-35,37,41H,13,22-24H2,(H,39,42)/t32-,37+/m1/s1. The van der Waals surface area contributed by atoms with E-state index >= 15 is 0 Å². The van der Waals surface area contributed by atoms with E-state index in [0.29, 0.717) is 0 Å².